The summed E-state index contributed by atoms with van der Waals surface area (Å²) in [5.74, 6) is -1.07. The Labute approximate surface area is 182 Å². The number of hydrogen-bond donors (Lipinski definition) is 2. The average molecular weight is 443 g/mol. The number of carbonyl (C=O) groups is 1. The first-order chi connectivity index (χ1) is 15.4. The second-order valence-corrected chi connectivity index (χ2v) is 7.47. The van der Waals surface area contributed by atoms with Gasteiger partial charge in [-0.1, -0.05) is 0 Å². The number of methoxy groups -OCH3 is 2. The van der Waals surface area contributed by atoms with Crippen LogP contribution in [0.15, 0.2) is 35.3 Å². The molecule has 0 radical (unpaired) electrons. The van der Waals surface area contributed by atoms with Gasteiger partial charge in [-0.3, -0.25) is 4.79 Å². The molecule has 3 aromatic rings. The number of aromatic carboxylic acids is 1. The molecule has 1 atom stereocenters. The predicted octanol–water partition coefficient (Wildman–Crippen LogP) is 1.87. The first kappa shape index (κ1) is 21.6. The number of halogens is 1. The maximum Gasteiger partial charge on any atom is 0.341 e. The normalized spacial score (nSPS) is 15.5. The van der Waals surface area contributed by atoms with Crippen molar-refractivity contribution >= 4 is 22.8 Å². The van der Waals surface area contributed by atoms with Gasteiger partial charge in [-0.05, 0) is 24.6 Å². The van der Waals surface area contributed by atoms with Crippen molar-refractivity contribution in [2.45, 2.75) is 19.0 Å². The molecule has 1 aliphatic rings. The average Bonchev–Trinajstić information content (AvgIpc) is 2.76. The van der Waals surface area contributed by atoms with Crippen LogP contribution in [0.3, 0.4) is 0 Å². The fraction of sp³-hybridized carbons (Fsp3) is 0.318. The third-order valence-corrected chi connectivity index (χ3v) is 5.68. The number of fused-ring (bicyclic) bond motifs is 1. The number of anilines is 1. The van der Waals surface area contributed by atoms with Crippen molar-refractivity contribution in [2.75, 3.05) is 32.3 Å². The van der Waals surface area contributed by atoms with Gasteiger partial charge in [-0.15, -0.1) is 0 Å². The van der Waals surface area contributed by atoms with Crippen LogP contribution in [-0.2, 0) is 6.54 Å². The smallest absolute Gasteiger partial charge is 0.341 e. The van der Waals surface area contributed by atoms with E-state index >= 15 is 0 Å². The molecule has 32 heavy (non-hydrogen) atoms. The van der Waals surface area contributed by atoms with Gasteiger partial charge < -0.3 is 29.2 Å². The minimum absolute atomic E-state index is 0.0146. The summed E-state index contributed by atoms with van der Waals surface area (Å²) in [6, 6.07) is 5.92. The third-order valence-electron chi connectivity index (χ3n) is 5.68. The number of carboxylic acid groups (broad SMARTS) is 1. The molecule has 9 nitrogen and oxygen atoms in total. The molecule has 1 saturated heterocycles. The fourth-order valence-electron chi connectivity index (χ4n) is 3.83. The van der Waals surface area contributed by atoms with Crippen LogP contribution in [0.25, 0.3) is 11.0 Å². The lowest BCUT2D eigenvalue weighted by Crippen LogP contribution is -2.50. The van der Waals surface area contributed by atoms with Crippen LogP contribution in [0.4, 0.5) is 10.2 Å². The molecule has 1 fully saturated rings. The molecule has 3 heterocycles. The molecule has 168 valence electrons. The molecule has 0 bridgehead atoms. The van der Waals surface area contributed by atoms with Crippen molar-refractivity contribution in [2.24, 2.45) is 0 Å². The van der Waals surface area contributed by atoms with Crippen LogP contribution in [0.2, 0.25) is 0 Å². The highest BCUT2D eigenvalue weighted by atomic mass is 19.1. The second kappa shape index (κ2) is 8.46. The molecule has 10 heteroatoms. The van der Waals surface area contributed by atoms with Crippen molar-refractivity contribution in [3.63, 3.8) is 0 Å². The van der Waals surface area contributed by atoms with Gasteiger partial charge in [0, 0.05) is 24.4 Å². The molecule has 0 unspecified atom stereocenters. The van der Waals surface area contributed by atoms with Gasteiger partial charge in [0.15, 0.2) is 11.6 Å². The lowest BCUT2D eigenvalue weighted by molar-refractivity contribution is 0.0695. The van der Waals surface area contributed by atoms with Crippen LogP contribution in [0.1, 0.15) is 22.3 Å². The highest BCUT2D eigenvalue weighted by Gasteiger charge is 2.31. The molecular formula is C22H22FN3O6. The summed E-state index contributed by atoms with van der Waals surface area (Å²) in [6.07, 6.45) is 1.90. The Morgan fingerprint density at radius 3 is 2.66 bits per heavy atom. The Hall–Kier alpha value is -3.66. The first-order valence-electron chi connectivity index (χ1n) is 9.93. The molecule has 1 aliphatic heterocycles. The highest BCUT2D eigenvalue weighted by Crippen LogP contribution is 2.30. The molecule has 0 spiro atoms. The first-order valence-corrected chi connectivity index (χ1v) is 9.93. The number of rotatable bonds is 7. The van der Waals surface area contributed by atoms with Crippen molar-refractivity contribution < 1.29 is 28.9 Å². The summed E-state index contributed by atoms with van der Waals surface area (Å²) in [6.45, 7) is 0.489. The second-order valence-electron chi connectivity index (χ2n) is 7.47. The van der Waals surface area contributed by atoms with Crippen molar-refractivity contribution in [1.29, 1.82) is 0 Å². The third kappa shape index (κ3) is 3.62. The van der Waals surface area contributed by atoms with E-state index in [1.54, 1.807) is 23.1 Å². The Kier molecular flexibility index (Phi) is 5.70. The van der Waals surface area contributed by atoms with Crippen molar-refractivity contribution in [3.8, 4) is 11.5 Å². The molecule has 1 aromatic carbocycles. The minimum Gasteiger partial charge on any atom is -0.497 e. The Morgan fingerprint density at radius 1 is 1.28 bits per heavy atom. The number of hydrogen-bond acceptors (Lipinski definition) is 7. The fourth-order valence-corrected chi connectivity index (χ4v) is 3.83. The molecule has 0 aliphatic carbocycles. The molecule has 0 saturated carbocycles. The topological polar surface area (TPSA) is 114 Å². The largest absolute Gasteiger partial charge is 0.497 e. The van der Waals surface area contributed by atoms with Crippen molar-refractivity contribution in [1.82, 2.24) is 9.55 Å². The van der Waals surface area contributed by atoms with Gasteiger partial charge in [0.2, 0.25) is 5.43 Å². The van der Waals surface area contributed by atoms with Gasteiger partial charge in [0.1, 0.15) is 22.7 Å². The standard InChI is InChI=1S/C22H22FN3O6/c1-31-14-4-3-12(18(7-14)32-2)9-25-10-16(22(29)30)19(28)15-8-17(23)21(24-20(15)25)26-6-5-13(26)11-27/h3-4,7-8,10,13,27H,5-6,9,11H2,1-2H3,(H,29,30)/t13-/m0/s1. The van der Waals surface area contributed by atoms with Crippen LogP contribution in [0.5, 0.6) is 11.5 Å². The van der Waals surface area contributed by atoms with E-state index in [1.807, 2.05) is 0 Å². The highest BCUT2D eigenvalue weighted by molar-refractivity contribution is 5.92. The zero-order valence-electron chi connectivity index (χ0n) is 17.5. The maximum atomic E-state index is 14.9. The number of aromatic nitrogens is 2. The zero-order valence-corrected chi connectivity index (χ0v) is 17.5. The van der Waals surface area contributed by atoms with Crippen LogP contribution in [0, 0.1) is 5.82 Å². The summed E-state index contributed by atoms with van der Waals surface area (Å²) in [5, 5.41) is 18.8. The number of nitrogens with zero attached hydrogens (tertiary/aromatic N) is 3. The number of benzene rings is 1. The van der Waals surface area contributed by atoms with E-state index in [9.17, 15) is 24.2 Å². The quantitative estimate of drug-likeness (QED) is 0.569. The molecule has 4 rings (SSSR count). The number of aliphatic hydroxyl groups excluding tert-OH is 1. The van der Waals surface area contributed by atoms with Gasteiger partial charge in [-0.2, -0.15) is 0 Å². The lowest BCUT2D eigenvalue weighted by Gasteiger charge is -2.41. The van der Waals surface area contributed by atoms with Crippen LogP contribution in [-0.4, -0.2) is 59.1 Å². The van der Waals surface area contributed by atoms with E-state index in [4.69, 9.17) is 9.47 Å². The van der Waals surface area contributed by atoms with E-state index in [-0.39, 0.29) is 36.0 Å². The molecule has 0 amide bonds. The van der Waals surface area contributed by atoms with Gasteiger partial charge in [0.05, 0.1) is 38.8 Å². The molecule has 2 N–H and O–H groups in total. The van der Waals surface area contributed by atoms with Crippen LogP contribution < -0.4 is 19.8 Å². The van der Waals surface area contributed by atoms with E-state index < -0.39 is 22.8 Å². The Balaban J connectivity index is 1.91. The summed E-state index contributed by atoms with van der Waals surface area (Å²) in [7, 11) is 3.02. The van der Waals surface area contributed by atoms with E-state index in [0.717, 1.165) is 6.07 Å². The molecule has 2 aromatic heterocycles. The predicted molar refractivity (Wildman–Crippen MR) is 114 cm³/mol. The van der Waals surface area contributed by atoms with Gasteiger partial charge in [-0.25, -0.2) is 14.2 Å². The summed E-state index contributed by atoms with van der Waals surface area (Å²) in [4.78, 5) is 30.4. The van der Waals surface area contributed by atoms with E-state index in [2.05, 4.69) is 4.98 Å². The number of ether oxygens (including phenoxy) is 2. The maximum absolute atomic E-state index is 14.9. The lowest BCUT2D eigenvalue weighted by atomic mass is 10.0. The Morgan fingerprint density at radius 2 is 2.06 bits per heavy atom. The number of aliphatic hydroxyl groups is 1. The van der Waals surface area contributed by atoms with E-state index in [1.165, 1.54) is 25.0 Å². The van der Waals surface area contributed by atoms with Gasteiger partial charge in [0.25, 0.3) is 0 Å². The molecular weight excluding hydrogens is 421 g/mol. The monoisotopic (exact) mass is 443 g/mol. The summed E-state index contributed by atoms with van der Waals surface area (Å²) in [5.41, 5.74) is -0.487. The van der Waals surface area contributed by atoms with Crippen LogP contribution >= 0.6 is 0 Å². The zero-order chi connectivity index (χ0) is 23.0. The van der Waals surface area contributed by atoms with E-state index in [0.29, 0.717) is 30.0 Å². The van der Waals surface area contributed by atoms with Gasteiger partial charge >= 0.3 is 5.97 Å². The SMILES string of the molecule is COc1ccc(Cn2cc(C(=O)O)c(=O)c3cc(F)c(N4CC[C@H]4CO)nc32)c(OC)c1. The Bertz CT molecular complexity index is 1260. The van der Waals surface area contributed by atoms with Crippen molar-refractivity contribution in [3.05, 3.63) is 57.6 Å². The minimum atomic E-state index is -1.42. The summed E-state index contributed by atoms with van der Waals surface area (Å²) < 4.78 is 27.0. The number of carboxylic acids is 1. The summed E-state index contributed by atoms with van der Waals surface area (Å²) >= 11 is 0. The number of pyridine rings is 2.